The van der Waals surface area contributed by atoms with Gasteiger partial charge in [0.25, 0.3) is 0 Å². The molecule has 74 valence electrons. The van der Waals surface area contributed by atoms with E-state index in [4.69, 9.17) is 0 Å². The zero-order chi connectivity index (χ0) is 7.23. The Labute approximate surface area is 131 Å². The Kier molecular flexibility index (Phi) is 19.3. The van der Waals surface area contributed by atoms with E-state index in [0.717, 1.165) is 0 Å². The van der Waals surface area contributed by atoms with E-state index in [0.29, 0.717) is 0 Å². The molecule has 1 aromatic rings. The first kappa shape index (κ1) is 19.5. The Bertz CT molecular complexity index is 229. The van der Waals surface area contributed by atoms with Crippen molar-refractivity contribution < 1.29 is 0 Å². The molecule has 3 heteroatoms. The van der Waals surface area contributed by atoms with Crippen LogP contribution < -0.4 is 0 Å². The van der Waals surface area contributed by atoms with Gasteiger partial charge in [0.1, 0.15) is 0 Å². The molecule has 0 saturated carbocycles. The van der Waals surface area contributed by atoms with Crippen molar-refractivity contribution >= 4 is 78.0 Å². The van der Waals surface area contributed by atoms with E-state index < -0.39 is 0 Å². The van der Waals surface area contributed by atoms with Gasteiger partial charge in [-0.15, -0.1) is 71.9 Å². The molecule has 0 aliphatic heterocycles. The molecule has 0 fully saturated rings. The van der Waals surface area contributed by atoms with Gasteiger partial charge in [-0.3, -0.25) is 0 Å². The summed E-state index contributed by atoms with van der Waals surface area (Å²) in [6.45, 7) is 3.59. The van der Waals surface area contributed by atoms with Crippen molar-refractivity contribution in [3.63, 3.8) is 0 Å². The molecule has 0 atom stereocenters. The topological polar surface area (TPSA) is 0 Å². The fourth-order valence-electron chi connectivity index (χ4n) is 0.743. The van der Waals surface area contributed by atoms with Gasteiger partial charge < -0.3 is 0 Å². The lowest BCUT2D eigenvalue weighted by Crippen LogP contribution is -1.65. The highest BCUT2D eigenvalue weighted by atomic mass is 127. The smallest absolute Gasteiger partial charge is 0.0257 e. The summed E-state index contributed by atoms with van der Waals surface area (Å²) in [5, 5.41) is 0. The van der Waals surface area contributed by atoms with E-state index in [1.165, 1.54) is 5.56 Å². The lowest BCUT2D eigenvalue weighted by molar-refractivity contribution is 1.66. The van der Waals surface area contributed by atoms with E-state index in [1.807, 2.05) is 30.4 Å². The lowest BCUT2D eigenvalue weighted by Gasteiger charge is -1.87. The molecular weight excluding hydrogens is 501 g/mol. The molecule has 1 rings (SSSR count). The molecule has 0 nitrogen and oxygen atoms in total. The summed E-state index contributed by atoms with van der Waals surface area (Å²) in [6.07, 6.45) is 5.72. The predicted molar refractivity (Wildman–Crippen MR) is 91.9 cm³/mol. The molecule has 0 amide bonds. The van der Waals surface area contributed by atoms with Gasteiger partial charge in [-0.25, -0.2) is 0 Å². The molecule has 0 aromatic heterocycles. The van der Waals surface area contributed by atoms with Gasteiger partial charge in [-0.05, 0) is 5.56 Å². The quantitative estimate of drug-likeness (QED) is 0.396. The first-order chi connectivity index (χ1) is 4.93. The van der Waals surface area contributed by atoms with Crippen molar-refractivity contribution in [2.24, 2.45) is 0 Å². The van der Waals surface area contributed by atoms with Crippen molar-refractivity contribution in [1.29, 1.82) is 0 Å². The second-order valence-electron chi connectivity index (χ2n) is 2.01. The maximum Gasteiger partial charge on any atom is -0.0257 e. The van der Waals surface area contributed by atoms with E-state index in [-0.39, 0.29) is 71.9 Å². The summed E-state index contributed by atoms with van der Waals surface area (Å²) >= 11 is 0. The van der Waals surface area contributed by atoms with Crippen molar-refractivity contribution in [3.05, 3.63) is 54.6 Å². The normalized spacial score (nSPS) is 7.69. The van der Waals surface area contributed by atoms with Gasteiger partial charge in [0.2, 0.25) is 0 Å². The number of hydrogen-bond donors (Lipinski definition) is 0. The third-order valence-corrected chi connectivity index (χ3v) is 1.22. The maximum atomic E-state index is 3.59. The number of rotatable bonds is 2. The molecule has 0 bridgehead atoms. The van der Waals surface area contributed by atoms with Crippen molar-refractivity contribution in [1.82, 2.24) is 0 Å². The van der Waals surface area contributed by atoms with E-state index in [9.17, 15) is 0 Å². The van der Waals surface area contributed by atoms with Crippen LogP contribution in [0.5, 0.6) is 0 Å². The monoisotopic (exact) mass is 514 g/mol. The largest absolute Gasteiger partial charge is 0.107 e. The standard InChI is InChI=1S/C10H10.3HI/c1-2-3-7-10-8-5-4-6-9-10;;;/h2-9H,1H2;3*1H. The number of hydrogen-bond acceptors (Lipinski definition) is 0. The minimum atomic E-state index is 0. The molecule has 0 spiro atoms. The Balaban J connectivity index is -0.000000333. The molecular formula is C10H13I3. The van der Waals surface area contributed by atoms with Gasteiger partial charge in [-0.1, -0.05) is 55.1 Å². The number of halogens is 3. The molecule has 0 aliphatic carbocycles. The first-order valence-corrected chi connectivity index (χ1v) is 3.27. The van der Waals surface area contributed by atoms with Crippen molar-refractivity contribution in [2.75, 3.05) is 0 Å². The second kappa shape index (κ2) is 12.9. The summed E-state index contributed by atoms with van der Waals surface area (Å²) in [5.74, 6) is 0. The summed E-state index contributed by atoms with van der Waals surface area (Å²) < 4.78 is 0. The van der Waals surface area contributed by atoms with E-state index in [2.05, 4.69) is 18.7 Å². The van der Waals surface area contributed by atoms with Crippen LogP contribution in [0.25, 0.3) is 6.08 Å². The van der Waals surface area contributed by atoms with Crippen LogP contribution in [0.3, 0.4) is 0 Å². The van der Waals surface area contributed by atoms with Crippen LogP contribution in [0.4, 0.5) is 0 Å². The van der Waals surface area contributed by atoms with E-state index in [1.54, 1.807) is 6.08 Å². The highest BCUT2D eigenvalue weighted by Crippen LogP contribution is 1.99. The Morgan fingerprint density at radius 3 is 1.92 bits per heavy atom. The minimum absolute atomic E-state index is 0. The zero-order valence-electron chi connectivity index (χ0n) is 7.05. The maximum absolute atomic E-state index is 3.59. The van der Waals surface area contributed by atoms with Crippen LogP contribution in [0.1, 0.15) is 5.56 Å². The molecule has 0 heterocycles. The molecule has 0 aliphatic rings. The second-order valence-corrected chi connectivity index (χ2v) is 2.01. The van der Waals surface area contributed by atoms with Crippen molar-refractivity contribution in [2.45, 2.75) is 0 Å². The fraction of sp³-hybridized carbons (Fsp3) is 0. The van der Waals surface area contributed by atoms with Gasteiger partial charge in [0, 0.05) is 0 Å². The van der Waals surface area contributed by atoms with Crippen LogP contribution in [-0.4, -0.2) is 0 Å². The molecule has 0 radical (unpaired) electrons. The van der Waals surface area contributed by atoms with Crippen LogP contribution in [0, 0.1) is 0 Å². The predicted octanol–water partition coefficient (Wildman–Crippen LogP) is 4.74. The average molecular weight is 514 g/mol. The van der Waals surface area contributed by atoms with Crippen molar-refractivity contribution in [3.8, 4) is 0 Å². The van der Waals surface area contributed by atoms with E-state index >= 15 is 0 Å². The van der Waals surface area contributed by atoms with Gasteiger partial charge >= 0.3 is 0 Å². The van der Waals surface area contributed by atoms with Crippen LogP contribution in [-0.2, 0) is 0 Å². The molecule has 0 unspecified atom stereocenters. The third kappa shape index (κ3) is 9.20. The summed E-state index contributed by atoms with van der Waals surface area (Å²) in [5.41, 5.74) is 1.21. The lowest BCUT2D eigenvalue weighted by atomic mass is 10.2. The van der Waals surface area contributed by atoms with Crippen LogP contribution >= 0.6 is 71.9 Å². The molecule has 0 saturated heterocycles. The molecule has 13 heavy (non-hydrogen) atoms. The third-order valence-electron chi connectivity index (χ3n) is 1.22. The zero-order valence-corrected chi connectivity index (χ0v) is 14.0. The summed E-state index contributed by atoms with van der Waals surface area (Å²) in [4.78, 5) is 0. The molecule has 0 N–H and O–H groups in total. The van der Waals surface area contributed by atoms with Crippen LogP contribution in [0.2, 0.25) is 0 Å². The summed E-state index contributed by atoms with van der Waals surface area (Å²) in [7, 11) is 0. The SMILES string of the molecule is C=CC=Cc1ccccc1.I.I.I. The Hall–Kier alpha value is 0.890. The van der Waals surface area contributed by atoms with Gasteiger partial charge in [-0.2, -0.15) is 0 Å². The fourth-order valence-corrected chi connectivity index (χ4v) is 0.743. The average Bonchev–Trinajstić information content (AvgIpc) is 2.03. The summed E-state index contributed by atoms with van der Waals surface area (Å²) in [6, 6.07) is 10.1. The minimum Gasteiger partial charge on any atom is -0.107 e. The number of allylic oxidation sites excluding steroid dienone is 2. The first-order valence-electron chi connectivity index (χ1n) is 3.27. The Morgan fingerprint density at radius 1 is 0.923 bits per heavy atom. The highest BCUT2D eigenvalue weighted by Gasteiger charge is 1.78. The molecule has 1 aromatic carbocycles. The van der Waals surface area contributed by atoms with Gasteiger partial charge in [0.05, 0.1) is 0 Å². The van der Waals surface area contributed by atoms with Gasteiger partial charge in [0.15, 0.2) is 0 Å². The Morgan fingerprint density at radius 2 is 1.46 bits per heavy atom. The highest BCUT2D eigenvalue weighted by molar-refractivity contribution is 14.0. The van der Waals surface area contributed by atoms with Crippen LogP contribution in [0.15, 0.2) is 49.1 Å². The number of benzene rings is 1.